The Hall–Kier alpha value is 0.0300. The van der Waals surface area contributed by atoms with Gasteiger partial charge in [0.2, 0.25) is 0 Å². The van der Waals surface area contributed by atoms with E-state index in [1.165, 1.54) is 0 Å². The van der Waals surface area contributed by atoms with Crippen LogP contribution in [0.25, 0.3) is 0 Å². The predicted molar refractivity (Wildman–Crippen MR) is 59.8 cm³/mol. The van der Waals surface area contributed by atoms with Crippen LogP contribution in [-0.4, -0.2) is 5.33 Å². The van der Waals surface area contributed by atoms with Crippen molar-refractivity contribution >= 4 is 43.5 Å². The molecule has 0 N–H and O–H groups in total. The van der Waals surface area contributed by atoms with E-state index in [1.54, 1.807) is 0 Å². The van der Waals surface area contributed by atoms with Crippen LogP contribution < -0.4 is 0 Å². The zero-order valence-corrected chi connectivity index (χ0v) is 10.0. The number of hydrogen-bond donors (Lipinski definition) is 0. The highest BCUT2D eigenvalue weighted by Gasteiger charge is 1.96. The molecular formula is C9H5Br2Cl. The third-order valence-electron chi connectivity index (χ3n) is 1.22. The summed E-state index contributed by atoms with van der Waals surface area (Å²) < 4.78 is 0.969. The van der Waals surface area contributed by atoms with Crippen molar-refractivity contribution in [2.75, 3.05) is 5.33 Å². The minimum absolute atomic E-state index is 0.666. The van der Waals surface area contributed by atoms with Crippen LogP contribution in [-0.2, 0) is 0 Å². The summed E-state index contributed by atoms with van der Waals surface area (Å²) in [6.07, 6.45) is 0. The number of alkyl halides is 1. The summed E-state index contributed by atoms with van der Waals surface area (Å²) in [5.74, 6) is 5.83. The second-order valence-corrected chi connectivity index (χ2v) is 3.94. The number of benzene rings is 1. The maximum Gasteiger partial charge on any atom is 0.0649 e. The lowest BCUT2D eigenvalue weighted by Gasteiger charge is -1.95. The van der Waals surface area contributed by atoms with Gasteiger partial charge in [0, 0.05) is 10.0 Å². The van der Waals surface area contributed by atoms with Crippen molar-refractivity contribution in [1.82, 2.24) is 0 Å². The monoisotopic (exact) mass is 306 g/mol. The van der Waals surface area contributed by atoms with Crippen LogP contribution in [0.1, 0.15) is 5.56 Å². The van der Waals surface area contributed by atoms with Gasteiger partial charge in [0.05, 0.1) is 10.4 Å². The Morgan fingerprint density at radius 3 is 2.75 bits per heavy atom. The lowest BCUT2D eigenvalue weighted by Crippen LogP contribution is -1.76. The molecule has 62 valence electrons. The summed E-state index contributed by atoms with van der Waals surface area (Å²) >= 11 is 12.5. The minimum Gasteiger partial charge on any atom is -0.0863 e. The molecule has 0 fully saturated rings. The van der Waals surface area contributed by atoms with E-state index >= 15 is 0 Å². The van der Waals surface area contributed by atoms with E-state index in [1.807, 2.05) is 18.2 Å². The van der Waals surface area contributed by atoms with E-state index in [2.05, 4.69) is 43.7 Å². The average Bonchev–Trinajstić information content (AvgIpc) is 2.03. The molecule has 0 aliphatic rings. The highest BCUT2D eigenvalue weighted by molar-refractivity contribution is 9.10. The smallest absolute Gasteiger partial charge is 0.0649 e. The topological polar surface area (TPSA) is 0 Å². The lowest BCUT2D eigenvalue weighted by atomic mass is 10.2. The maximum absolute atomic E-state index is 5.92. The van der Waals surface area contributed by atoms with Crippen LogP contribution in [0.4, 0.5) is 0 Å². The fourth-order valence-corrected chi connectivity index (χ4v) is 1.58. The Kier molecular flexibility index (Phi) is 4.14. The molecule has 3 heteroatoms. The summed E-state index contributed by atoms with van der Waals surface area (Å²) in [7, 11) is 0. The number of rotatable bonds is 0. The third kappa shape index (κ3) is 2.82. The molecule has 0 aliphatic heterocycles. The SMILES string of the molecule is Clc1cc(Br)ccc1C#CCBr. The molecule has 0 amide bonds. The van der Waals surface area contributed by atoms with Gasteiger partial charge in [0.25, 0.3) is 0 Å². The van der Waals surface area contributed by atoms with Crippen molar-refractivity contribution in [1.29, 1.82) is 0 Å². The number of halogens is 3. The van der Waals surface area contributed by atoms with Crippen LogP contribution in [0.5, 0.6) is 0 Å². The molecule has 0 heterocycles. The predicted octanol–water partition coefficient (Wildman–Crippen LogP) is 3.85. The Morgan fingerprint density at radius 1 is 1.42 bits per heavy atom. The van der Waals surface area contributed by atoms with Gasteiger partial charge in [0.15, 0.2) is 0 Å². The third-order valence-corrected chi connectivity index (χ3v) is 2.31. The fraction of sp³-hybridized carbons (Fsp3) is 0.111. The van der Waals surface area contributed by atoms with Crippen LogP contribution in [0, 0.1) is 11.8 Å². The maximum atomic E-state index is 5.92. The van der Waals surface area contributed by atoms with Gasteiger partial charge >= 0.3 is 0 Å². The van der Waals surface area contributed by atoms with E-state index in [9.17, 15) is 0 Å². The first kappa shape index (κ1) is 10.1. The largest absolute Gasteiger partial charge is 0.0863 e. The molecule has 0 aromatic heterocycles. The summed E-state index contributed by atoms with van der Waals surface area (Å²) in [4.78, 5) is 0. The van der Waals surface area contributed by atoms with Gasteiger partial charge in [-0.2, -0.15) is 0 Å². The van der Waals surface area contributed by atoms with Crippen molar-refractivity contribution in [3.8, 4) is 11.8 Å². The Labute approximate surface area is 93.6 Å². The average molecular weight is 308 g/mol. The van der Waals surface area contributed by atoms with Crippen molar-refractivity contribution in [2.24, 2.45) is 0 Å². The molecule has 1 aromatic carbocycles. The number of hydrogen-bond acceptors (Lipinski definition) is 0. The molecule has 0 bridgehead atoms. The van der Waals surface area contributed by atoms with Crippen molar-refractivity contribution in [3.05, 3.63) is 33.3 Å². The van der Waals surface area contributed by atoms with Crippen LogP contribution in [0.3, 0.4) is 0 Å². The minimum atomic E-state index is 0.666. The van der Waals surface area contributed by atoms with E-state index in [-0.39, 0.29) is 0 Å². The lowest BCUT2D eigenvalue weighted by molar-refractivity contribution is 1.60. The Bertz CT molecular complexity index is 336. The van der Waals surface area contributed by atoms with E-state index in [4.69, 9.17) is 11.6 Å². The molecular weight excluding hydrogens is 303 g/mol. The summed E-state index contributed by atoms with van der Waals surface area (Å²) in [6.45, 7) is 0. The molecule has 0 unspecified atom stereocenters. The molecule has 0 spiro atoms. The van der Waals surface area contributed by atoms with Gasteiger partial charge < -0.3 is 0 Å². The first-order valence-corrected chi connectivity index (χ1v) is 5.53. The molecule has 0 radical (unpaired) electrons. The summed E-state index contributed by atoms with van der Waals surface area (Å²) in [5, 5.41) is 1.34. The standard InChI is InChI=1S/C9H5Br2Cl/c10-5-1-2-7-3-4-8(11)6-9(7)12/h3-4,6H,5H2. The second-order valence-electron chi connectivity index (χ2n) is 2.06. The molecule has 0 nitrogen and oxygen atoms in total. The first-order valence-electron chi connectivity index (χ1n) is 3.24. The van der Waals surface area contributed by atoms with Crippen LogP contribution >= 0.6 is 43.5 Å². The second kappa shape index (κ2) is 4.91. The summed E-state index contributed by atoms with van der Waals surface area (Å²) in [6, 6.07) is 5.64. The molecule has 0 aliphatic carbocycles. The van der Waals surface area contributed by atoms with Gasteiger partial charge in [-0.15, -0.1) is 0 Å². The van der Waals surface area contributed by atoms with Gasteiger partial charge in [-0.05, 0) is 18.2 Å². The normalized spacial score (nSPS) is 8.92. The zero-order valence-electron chi connectivity index (χ0n) is 6.07. The molecule has 0 atom stereocenters. The first-order chi connectivity index (χ1) is 5.74. The quantitative estimate of drug-likeness (QED) is 0.504. The zero-order chi connectivity index (χ0) is 8.97. The van der Waals surface area contributed by atoms with Crippen LogP contribution in [0.2, 0.25) is 5.02 Å². The van der Waals surface area contributed by atoms with Gasteiger partial charge in [-0.3, -0.25) is 0 Å². The van der Waals surface area contributed by atoms with E-state index in [0.29, 0.717) is 10.4 Å². The Balaban J connectivity index is 3.01. The Morgan fingerprint density at radius 2 is 2.17 bits per heavy atom. The highest BCUT2D eigenvalue weighted by atomic mass is 79.9. The van der Waals surface area contributed by atoms with E-state index in [0.717, 1.165) is 10.0 Å². The van der Waals surface area contributed by atoms with Gasteiger partial charge in [-0.1, -0.05) is 55.3 Å². The molecule has 12 heavy (non-hydrogen) atoms. The molecule has 0 saturated heterocycles. The van der Waals surface area contributed by atoms with Gasteiger partial charge in [-0.25, -0.2) is 0 Å². The summed E-state index contributed by atoms with van der Waals surface area (Å²) in [5.41, 5.74) is 0.860. The van der Waals surface area contributed by atoms with Gasteiger partial charge in [0.1, 0.15) is 0 Å². The highest BCUT2D eigenvalue weighted by Crippen LogP contribution is 2.20. The van der Waals surface area contributed by atoms with Crippen LogP contribution in [0.15, 0.2) is 22.7 Å². The van der Waals surface area contributed by atoms with E-state index < -0.39 is 0 Å². The molecule has 0 saturated carbocycles. The molecule has 1 aromatic rings. The fourth-order valence-electron chi connectivity index (χ4n) is 0.719. The molecule has 1 rings (SSSR count). The van der Waals surface area contributed by atoms with Crippen molar-refractivity contribution in [2.45, 2.75) is 0 Å². The van der Waals surface area contributed by atoms with Crippen molar-refractivity contribution in [3.63, 3.8) is 0 Å². The van der Waals surface area contributed by atoms with Crippen molar-refractivity contribution < 1.29 is 0 Å².